The molecule has 0 fully saturated rings. The lowest BCUT2D eigenvalue weighted by molar-refractivity contribution is -0.384. The normalized spacial score (nSPS) is 11.0. The zero-order chi connectivity index (χ0) is 18.8. The third-order valence-corrected chi connectivity index (χ3v) is 5.11. The van der Waals surface area contributed by atoms with Gasteiger partial charge in [-0.15, -0.1) is 35.3 Å². The van der Waals surface area contributed by atoms with E-state index < -0.39 is 0 Å². The summed E-state index contributed by atoms with van der Waals surface area (Å²) < 4.78 is 0. The summed E-state index contributed by atoms with van der Waals surface area (Å²) in [6.45, 7) is 1.80. The monoisotopic (exact) mass is 502 g/mol. The van der Waals surface area contributed by atoms with Crippen LogP contribution in [0.2, 0.25) is 0 Å². The van der Waals surface area contributed by atoms with Gasteiger partial charge >= 0.3 is 0 Å². The zero-order valence-electron chi connectivity index (χ0n) is 15.8. The van der Waals surface area contributed by atoms with Crippen LogP contribution in [-0.4, -0.2) is 43.0 Å². The predicted molar refractivity (Wildman–Crippen MR) is 123 cm³/mol. The van der Waals surface area contributed by atoms with Crippen molar-refractivity contribution >= 4 is 47.0 Å². The van der Waals surface area contributed by atoms with Crippen molar-refractivity contribution < 1.29 is 4.92 Å². The Hall–Kier alpha value is -1.68. The van der Waals surface area contributed by atoms with E-state index in [1.54, 1.807) is 30.5 Å². The van der Waals surface area contributed by atoms with Gasteiger partial charge in [-0.2, -0.15) is 0 Å². The van der Waals surface area contributed by atoms with Gasteiger partial charge in [0.05, 0.1) is 4.92 Å². The number of non-ortho nitro benzene ring substituents is 1. The van der Waals surface area contributed by atoms with Gasteiger partial charge < -0.3 is 10.2 Å². The molecule has 1 aromatic heterocycles. The molecular formula is C19H27IN4O2S. The summed E-state index contributed by atoms with van der Waals surface area (Å²) >= 11 is 1.78. The molecule has 0 unspecified atom stereocenters. The number of thiophene rings is 1. The summed E-state index contributed by atoms with van der Waals surface area (Å²) in [6, 6.07) is 11.0. The summed E-state index contributed by atoms with van der Waals surface area (Å²) in [7, 11) is 3.86. The van der Waals surface area contributed by atoms with Gasteiger partial charge in [0.2, 0.25) is 0 Å². The minimum absolute atomic E-state index is 0. The van der Waals surface area contributed by atoms with Gasteiger partial charge in [-0.05, 0) is 42.7 Å². The quantitative estimate of drug-likeness (QED) is 0.138. The first-order valence-electron chi connectivity index (χ1n) is 8.77. The molecule has 0 aliphatic rings. The maximum absolute atomic E-state index is 10.7. The highest BCUT2D eigenvalue weighted by Gasteiger charge is 2.06. The first kappa shape index (κ1) is 23.4. The number of nitrogens with zero attached hydrogens (tertiary/aromatic N) is 3. The van der Waals surface area contributed by atoms with Crippen molar-refractivity contribution in [2.75, 3.05) is 27.2 Å². The highest BCUT2D eigenvalue weighted by molar-refractivity contribution is 14.0. The molecular weight excluding hydrogens is 475 g/mol. The van der Waals surface area contributed by atoms with Crippen molar-refractivity contribution in [1.29, 1.82) is 0 Å². The van der Waals surface area contributed by atoms with E-state index in [2.05, 4.69) is 39.8 Å². The van der Waals surface area contributed by atoms with E-state index in [1.807, 2.05) is 12.1 Å². The van der Waals surface area contributed by atoms with E-state index in [0.29, 0.717) is 0 Å². The Morgan fingerprint density at radius 3 is 2.56 bits per heavy atom. The van der Waals surface area contributed by atoms with Crippen LogP contribution in [0.1, 0.15) is 23.3 Å². The topological polar surface area (TPSA) is 70.8 Å². The number of likely N-dealkylation sites (N-methyl/N-ethyl adjacent to an activating group) is 1. The summed E-state index contributed by atoms with van der Waals surface area (Å²) in [5.74, 6) is 0.914. The number of unbranched alkanes of at least 4 members (excludes halogenated alkanes) is 1. The van der Waals surface area contributed by atoms with E-state index in [-0.39, 0.29) is 34.6 Å². The Labute approximate surface area is 181 Å². The second-order valence-electron chi connectivity index (χ2n) is 6.11. The largest absolute Gasteiger partial charge is 0.356 e. The highest BCUT2D eigenvalue weighted by Crippen LogP contribution is 2.13. The van der Waals surface area contributed by atoms with Gasteiger partial charge in [-0.3, -0.25) is 15.1 Å². The Morgan fingerprint density at radius 2 is 1.96 bits per heavy atom. The number of rotatable bonds is 9. The molecule has 8 heteroatoms. The molecule has 1 aromatic carbocycles. The third-order valence-electron chi connectivity index (χ3n) is 4.17. The van der Waals surface area contributed by atoms with Crippen molar-refractivity contribution in [3.05, 3.63) is 62.3 Å². The Kier molecular flexibility index (Phi) is 11.0. The van der Waals surface area contributed by atoms with E-state index in [9.17, 15) is 10.1 Å². The van der Waals surface area contributed by atoms with Crippen LogP contribution < -0.4 is 5.32 Å². The molecule has 0 spiro atoms. The molecule has 1 heterocycles. The number of hydrogen-bond acceptors (Lipinski definition) is 4. The Morgan fingerprint density at radius 1 is 1.22 bits per heavy atom. The van der Waals surface area contributed by atoms with E-state index >= 15 is 0 Å². The van der Waals surface area contributed by atoms with Crippen molar-refractivity contribution in [2.24, 2.45) is 4.99 Å². The fraction of sp³-hybridized carbons (Fsp3) is 0.421. The molecule has 0 radical (unpaired) electrons. The van der Waals surface area contributed by atoms with Crippen LogP contribution in [0.25, 0.3) is 0 Å². The molecule has 0 aliphatic heterocycles. The van der Waals surface area contributed by atoms with Crippen molar-refractivity contribution in [3.8, 4) is 0 Å². The zero-order valence-corrected chi connectivity index (χ0v) is 18.9. The average Bonchev–Trinajstić information content (AvgIpc) is 3.16. The van der Waals surface area contributed by atoms with Gasteiger partial charge in [-0.1, -0.05) is 18.2 Å². The molecule has 6 nitrogen and oxygen atoms in total. The lowest BCUT2D eigenvalue weighted by atomic mass is 10.1. The van der Waals surface area contributed by atoms with Crippen LogP contribution >= 0.6 is 35.3 Å². The number of hydrogen-bond donors (Lipinski definition) is 1. The minimum Gasteiger partial charge on any atom is -0.356 e. The van der Waals surface area contributed by atoms with Crippen molar-refractivity contribution in [2.45, 2.75) is 25.7 Å². The number of benzene rings is 1. The Bertz CT molecular complexity index is 705. The molecule has 1 N–H and O–H groups in total. The molecule has 2 rings (SSSR count). The van der Waals surface area contributed by atoms with Crippen LogP contribution in [0, 0.1) is 10.1 Å². The lowest BCUT2D eigenvalue weighted by Crippen LogP contribution is -2.40. The van der Waals surface area contributed by atoms with Crippen molar-refractivity contribution in [1.82, 2.24) is 10.2 Å². The molecule has 0 saturated heterocycles. The maximum atomic E-state index is 10.7. The predicted octanol–water partition coefficient (Wildman–Crippen LogP) is 4.35. The van der Waals surface area contributed by atoms with Crippen LogP contribution in [0.15, 0.2) is 46.8 Å². The Balaban J connectivity index is 0.00000364. The number of nitrogens with one attached hydrogen (secondary N) is 1. The average molecular weight is 502 g/mol. The van der Waals surface area contributed by atoms with Gasteiger partial charge in [0.15, 0.2) is 5.96 Å². The molecule has 0 bridgehead atoms. The third kappa shape index (κ3) is 8.25. The summed E-state index contributed by atoms with van der Waals surface area (Å²) in [5, 5.41) is 16.2. The first-order valence-corrected chi connectivity index (χ1v) is 9.65. The highest BCUT2D eigenvalue weighted by atomic mass is 127. The molecule has 0 aliphatic carbocycles. The van der Waals surface area contributed by atoms with Crippen LogP contribution in [0.3, 0.4) is 0 Å². The molecule has 0 amide bonds. The van der Waals surface area contributed by atoms with E-state index in [4.69, 9.17) is 0 Å². The van der Waals surface area contributed by atoms with Gasteiger partial charge in [0.1, 0.15) is 0 Å². The first-order chi connectivity index (χ1) is 12.6. The van der Waals surface area contributed by atoms with E-state index in [0.717, 1.165) is 50.3 Å². The molecule has 148 valence electrons. The van der Waals surface area contributed by atoms with Crippen molar-refractivity contribution in [3.63, 3.8) is 0 Å². The maximum Gasteiger partial charge on any atom is 0.269 e. The van der Waals surface area contributed by atoms with Gasteiger partial charge in [-0.25, -0.2) is 0 Å². The molecule has 0 atom stereocenters. The molecule has 27 heavy (non-hydrogen) atoms. The van der Waals surface area contributed by atoms with Crippen LogP contribution in [0.5, 0.6) is 0 Å². The standard InChI is InChI=1S/C19H26N4O2S.HI/c1-20-19(22(2)14-12-18-7-5-15-26-18)21-13-4-3-6-16-8-10-17(11-9-16)23(24)25;/h5,7-11,15H,3-4,6,12-14H2,1-2H3,(H,20,21);1H. The number of halogens is 1. The number of nitro benzene ring substituents is 1. The van der Waals surface area contributed by atoms with Crippen LogP contribution in [0.4, 0.5) is 5.69 Å². The smallest absolute Gasteiger partial charge is 0.269 e. The summed E-state index contributed by atoms with van der Waals surface area (Å²) in [6.07, 6.45) is 4.00. The SMILES string of the molecule is CN=C(NCCCCc1ccc([N+](=O)[O-])cc1)N(C)CCc1cccs1.I. The van der Waals surface area contributed by atoms with E-state index in [1.165, 1.54) is 4.88 Å². The summed E-state index contributed by atoms with van der Waals surface area (Å²) in [4.78, 5) is 18.2. The number of guanidine groups is 1. The summed E-state index contributed by atoms with van der Waals surface area (Å²) in [5.41, 5.74) is 1.28. The minimum atomic E-state index is -0.367. The number of nitro groups is 1. The van der Waals surface area contributed by atoms with Gasteiger partial charge in [0.25, 0.3) is 5.69 Å². The second kappa shape index (κ2) is 12.7. The number of aliphatic imine (C=N–C) groups is 1. The fourth-order valence-corrected chi connectivity index (χ4v) is 3.36. The lowest BCUT2D eigenvalue weighted by Gasteiger charge is -2.21. The number of aryl methyl sites for hydroxylation is 1. The molecule has 0 saturated carbocycles. The second-order valence-corrected chi connectivity index (χ2v) is 7.14. The van der Waals surface area contributed by atoms with Gasteiger partial charge in [0, 0.05) is 44.2 Å². The van der Waals surface area contributed by atoms with Crippen LogP contribution in [-0.2, 0) is 12.8 Å². The fourth-order valence-electron chi connectivity index (χ4n) is 2.66. The molecule has 2 aromatic rings.